The molecule has 0 amide bonds. The zero-order valence-electron chi connectivity index (χ0n) is 10.7. The highest BCUT2D eigenvalue weighted by molar-refractivity contribution is 5.63. The second-order valence-corrected chi connectivity index (χ2v) is 4.43. The van der Waals surface area contributed by atoms with Gasteiger partial charge in [0.2, 0.25) is 0 Å². The minimum absolute atomic E-state index is 0.291. The minimum atomic E-state index is 0.291. The summed E-state index contributed by atoms with van der Waals surface area (Å²) in [5.41, 5.74) is 3.49. The zero-order valence-corrected chi connectivity index (χ0v) is 10.7. The highest BCUT2D eigenvalue weighted by atomic mass is 16.3. The van der Waals surface area contributed by atoms with Gasteiger partial charge in [0.15, 0.2) is 0 Å². The lowest BCUT2D eigenvalue weighted by atomic mass is 10.1. The van der Waals surface area contributed by atoms with E-state index < -0.39 is 0 Å². The molecule has 0 unspecified atom stereocenters. The van der Waals surface area contributed by atoms with Crippen molar-refractivity contribution < 1.29 is 5.11 Å². The zero-order chi connectivity index (χ0) is 12.8. The molecule has 0 saturated carbocycles. The molecule has 0 radical (unpaired) electrons. The van der Waals surface area contributed by atoms with Crippen molar-refractivity contribution in [2.75, 3.05) is 5.32 Å². The third kappa shape index (κ3) is 3.27. The molecular weight excluding hydrogens is 222 g/mol. The quantitative estimate of drug-likeness (QED) is 0.756. The minimum Gasteiger partial charge on any atom is -0.508 e. The van der Waals surface area contributed by atoms with Crippen LogP contribution in [0.25, 0.3) is 0 Å². The van der Waals surface area contributed by atoms with Crippen LogP contribution in [-0.4, -0.2) is 5.11 Å². The topological polar surface area (TPSA) is 32.3 Å². The maximum absolute atomic E-state index is 9.27. The van der Waals surface area contributed by atoms with Crippen molar-refractivity contribution in [1.82, 2.24) is 0 Å². The Morgan fingerprint density at radius 1 is 1.00 bits per heavy atom. The number of anilines is 2. The monoisotopic (exact) mass is 241 g/mol. The molecule has 2 nitrogen and oxygen atoms in total. The molecule has 0 fully saturated rings. The van der Waals surface area contributed by atoms with Crippen molar-refractivity contribution in [3.05, 3.63) is 54.1 Å². The Kier molecular flexibility index (Phi) is 4.24. The third-order valence-electron chi connectivity index (χ3n) is 2.96. The maximum atomic E-state index is 9.27. The molecule has 0 atom stereocenters. The lowest BCUT2D eigenvalue weighted by molar-refractivity contribution is 0.475. The van der Waals surface area contributed by atoms with Crippen molar-refractivity contribution in [3.8, 4) is 5.75 Å². The van der Waals surface area contributed by atoms with Gasteiger partial charge in [-0.1, -0.05) is 31.5 Å². The van der Waals surface area contributed by atoms with Gasteiger partial charge in [-0.2, -0.15) is 0 Å². The van der Waals surface area contributed by atoms with Gasteiger partial charge in [-0.3, -0.25) is 0 Å². The first-order chi connectivity index (χ1) is 8.79. The molecule has 2 rings (SSSR count). The Hall–Kier alpha value is -1.96. The van der Waals surface area contributed by atoms with Gasteiger partial charge in [-0.15, -0.1) is 0 Å². The van der Waals surface area contributed by atoms with E-state index in [0.29, 0.717) is 5.75 Å². The smallest absolute Gasteiger partial charge is 0.115 e. The van der Waals surface area contributed by atoms with Gasteiger partial charge < -0.3 is 10.4 Å². The number of phenolic OH excluding ortho intramolecular Hbond substituents is 1. The van der Waals surface area contributed by atoms with Crippen molar-refractivity contribution >= 4 is 11.4 Å². The van der Waals surface area contributed by atoms with Crippen LogP contribution in [0.4, 0.5) is 11.4 Å². The van der Waals surface area contributed by atoms with E-state index in [9.17, 15) is 5.11 Å². The average Bonchev–Trinajstić information content (AvgIpc) is 2.40. The molecule has 18 heavy (non-hydrogen) atoms. The van der Waals surface area contributed by atoms with E-state index in [1.54, 1.807) is 12.1 Å². The van der Waals surface area contributed by atoms with E-state index in [1.807, 2.05) is 18.2 Å². The summed E-state index contributed by atoms with van der Waals surface area (Å²) in [4.78, 5) is 0. The first-order valence-electron chi connectivity index (χ1n) is 6.43. The number of phenols is 1. The first kappa shape index (κ1) is 12.5. The molecule has 0 saturated heterocycles. The highest BCUT2D eigenvalue weighted by Crippen LogP contribution is 2.23. The number of hydrogen-bond acceptors (Lipinski definition) is 2. The fourth-order valence-electron chi connectivity index (χ4n) is 1.93. The van der Waals surface area contributed by atoms with Crippen LogP contribution in [0.3, 0.4) is 0 Å². The number of hydrogen-bond donors (Lipinski definition) is 2. The summed E-state index contributed by atoms with van der Waals surface area (Å²) in [6.07, 6.45) is 3.50. The molecule has 0 bridgehead atoms. The normalized spacial score (nSPS) is 10.3. The molecule has 2 N–H and O–H groups in total. The molecule has 0 aromatic heterocycles. The van der Waals surface area contributed by atoms with E-state index in [4.69, 9.17) is 0 Å². The molecule has 0 aliphatic rings. The number of unbranched alkanes of at least 4 members (excludes halogenated alkanes) is 1. The number of rotatable bonds is 5. The molecule has 0 aliphatic heterocycles. The summed E-state index contributed by atoms with van der Waals surface area (Å²) in [7, 11) is 0. The van der Waals surface area contributed by atoms with Crippen LogP contribution < -0.4 is 5.32 Å². The van der Waals surface area contributed by atoms with Crippen LogP contribution in [0.15, 0.2) is 48.5 Å². The summed E-state index contributed by atoms with van der Waals surface area (Å²) in [6.45, 7) is 2.20. The van der Waals surface area contributed by atoms with Crippen LogP contribution in [0, 0.1) is 0 Å². The molecule has 2 aromatic carbocycles. The first-order valence-corrected chi connectivity index (χ1v) is 6.43. The van der Waals surface area contributed by atoms with Gasteiger partial charge in [-0.25, -0.2) is 0 Å². The van der Waals surface area contributed by atoms with Gasteiger partial charge >= 0.3 is 0 Å². The lowest BCUT2D eigenvalue weighted by Gasteiger charge is -2.11. The van der Waals surface area contributed by atoms with Crippen LogP contribution in [-0.2, 0) is 6.42 Å². The van der Waals surface area contributed by atoms with E-state index in [2.05, 4.69) is 30.4 Å². The Morgan fingerprint density at radius 2 is 1.72 bits per heavy atom. The Balaban J connectivity index is 2.15. The Labute approximate surface area is 108 Å². The van der Waals surface area contributed by atoms with Gasteiger partial charge in [0, 0.05) is 11.4 Å². The molecule has 94 valence electrons. The summed E-state index contributed by atoms with van der Waals surface area (Å²) >= 11 is 0. The number of para-hydroxylation sites is 1. The van der Waals surface area contributed by atoms with Gasteiger partial charge in [0.25, 0.3) is 0 Å². The van der Waals surface area contributed by atoms with Crippen LogP contribution >= 0.6 is 0 Å². The van der Waals surface area contributed by atoms with E-state index in [1.165, 1.54) is 18.4 Å². The third-order valence-corrected chi connectivity index (χ3v) is 2.96. The molecular formula is C16H19NO. The number of aryl methyl sites for hydroxylation is 1. The molecule has 2 heteroatoms. The fourth-order valence-corrected chi connectivity index (χ4v) is 1.93. The second kappa shape index (κ2) is 6.10. The van der Waals surface area contributed by atoms with Crippen LogP contribution in [0.5, 0.6) is 5.75 Å². The second-order valence-electron chi connectivity index (χ2n) is 4.43. The van der Waals surface area contributed by atoms with Gasteiger partial charge in [0.1, 0.15) is 5.75 Å². The Bertz CT molecular complexity index is 491. The van der Waals surface area contributed by atoms with Gasteiger partial charge in [0.05, 0.1) is 0 Å². The molecule has 0 aliphatic carbocycles. The Morgan fingerprint density at radius 3 is 2.44 bits per heavy atom. The standard InChI is InChI=1S/C16H19NO/c1-2-3-6-13-7-4-5-8-16(13)17-14-9-11-15(18)12-10-14/h4-5,7-12,17-18H,2-3,6H2,1H3. The molecule has 0 heterocycles. The maximum Gasteiger partial charge on any atom is 0.115 e. The molecule has 0 spiro atoms. The van der Waals surface area contributed by atoms with E-state index >= 15 is 0 Å². The summed E-state index contributed by atoms with van der Waals surface area (Å²) in [6, 6.07) is 15.5. The van der Waals surface area contributed by atoms with Crippen molar-refractivity contribution in [3.63, 3.8) is 0 Å². The van der Waals surface area contributed by atoms with E-state index in [0.717, 1.165) is 17.8 Å². The average molecular weight is 241 g/mol. The summed E-state index contributed by atoms with van der Waals surface area (Å²) in [5, 5.41) is 12.7. The largest absolute Gasteiger partial charge is 0.508 e. The van der Waals surface area contributed by atoms with E-state index in [-0.39, 0.29) is 0 Å². The van der Waals surface area contributed by atoms with Crippen molar-refractivity contribution in [2.24, 2.45) is 0 Å². The van der Waals surface area contributed by atoms with Crippen LogP contribution in [0.1, 0.15) is 25.3 Å². The lowest BCUT2D eigenvalue weighted by Crippen LogP contribution is -1.95. The SMILES string of the molecule is CCCCc1ccccc1Nc1ccc(O)cc1. The fraction of sp³-hybridized carbons (Fsp3) is 0.250. The highest BCUT2D eigenvalue weighted by Gasteiger charge is 2.01. The number of benzene rings is 2. The van der Waals surface area contributed by atoms with Crippen molar-refractivity contribution in [1.29, 1.82) is 0 Å². The molecule has 2 aromatic rings. The predicted molar refractivity (Wildman–Crippen MR) is 76.4 cm³/mol. The van der Waals surface area contributed by atoms with Crippen LogP contribution in [0.2, 0.25) is 0 Å². The summed E-state index contributed by atoms with van der Waals surface area (Å²) in [5.74, 6) is 0.291. The van der Waals surface area contributed by atoms with Gasteiger partial charge in [-0.05, 0) is 48.7 Å². The number of nitrogens with one attached hydrogen (secondary N) is 1. The number of aromatic hydroxyl groups is 1. The van der Waals surface area contributed by atoms with Crippen molar-refractivity contribution in [2.45, 2.75) is 26.2 Å². The predicted octanol–water partition coefficient (Wildman–Crippen LogP) is 4.48. The summed E-state index contributed by atoms with van der Waals surface area (Å²) < 4.78 is 0.